The van der Waals surface area contributed by atoms with Crippen molar-refractivity contribution in [3.05, 3.63) is 46.2 Å². The van der Waals surface area contributed by atoms with Gasteiger partial charge >= 0.3 is 6.03 Å². The van der Waals surface area contributed by atoms with Gasteiger partial charge in [-0.3, -0.25) is 4.79 Å². The van der Waals surface area contributed by atoms with Crippen LogP contribution in [-0.2, 0) is 16.0 Å². The topological polar surface area (TPSA) is 80.3 Å². The minimum atomic E-state index is -0.237. The lowest BCUT2D eigenvalue weighted by molar-refractivity contribution is -0.135. The third kappa shape index (κ3) is 6.61. The van der Waals surface area contributed by atoms with E-state index in [9.17, 15) is 9.59 Å². The lowest BCUT2D eigenvalue weighted by Crippen LogP contribution is -2.50. The lowest BCUT2D eigenvalue weighted by atomic mass is 10.0. The molecule has 8 nitrogen and oxygen atoms in total. The summed E-state index contributed by atoms with van der Waals surface area (Å²) in [6, 6.07) is 9.06. The highest BCUT2D eigenvalue weighted by Crippen LogP contribution is 2.34. The number of rotatable bonds is 11. The molecule has 33 heavy (non-hydrogen) atoms. The van der Waals surface area contributed by atoms with Gasteiger partial charge in [-0.25, -0.2) is 4.79 Å². The second-order valence-corrected chi connectivity index (χ2v) is 8.75. The fourth-order valence-corrected chi connectivity index (χ4v) is 4.84. The van der Waals surface area contributed by atoms with Crippen LogP contribution in [0.1, 0.15) is 29.8 Å². The van der Waals surface area contributed by atoms with Crippen LogP contribution in [0.5, 0.6) is 11.5 Å². The quantitative estimate of drug-likeness (QED) is 0.505. The van der Waals surface area contributed by atoms with Crippen molar-refractivity contribution >= 4 is 23.3 Å². The molecule has 0 radical (unpaired) electrons. The van der Waals surface area contributed by atoms with E-state index in [0.29, 0.717) is 50.8 Å². The van der Waals surface area contributed by atoms with E-state index in [4.69, 9.17) is 14.2 Å². The van der Waals surface area contributed by atoms with E-state index < -0.39 is 0 Å². The van der Waals surface area contributed by atoms with E-state index in [1.807, 2.05) is 36.1 Å². The molecule has 2 aromatic rings. The Morgan fingerprint density at radius 1 is 1.24 bits per heavy atom. The van der Waals surface area contributed by atoms with Crippen LogP contribution in [0.3, 0.4) is 0 Å². The van der Waals surface area contributed by atoms with Crippen LogP contribution in [0.4, 0.5) is 4.79 Å². The molecule has 3 rings (SSSR count). The van der Waals surface area contributed by atoms with Crippen molar-refractivity contribution in [1.29, 1.82) is 0 Å². The minimum Gasteiger partial charge on any atom is -0.497 e. The molecule has 1 atom stereocenters. The van der Waals surface area contributed by atoms with Gasteiger partial charge in [-0.15, -0.1) is 11.3 Å². The van der Waals surface area contributed by atoms with Crippen LogP contribution in [0.15, 0.2) is 35.7 Å². The number of carbonyl (C=O) groups is 2. The van der Waals surface area contributed by atoms with Crippen molar-refractivity contribution < 1.29 is 23.8 Å². The molecular weight excluding hydrogens is 442 g/mol. The van der Waals surface area contributed by atoms with Gasteiger partial charge in [0.2, 0.25) is 5.91 Å². The lowest BCUT2D eigenvalue weighted by Gasteiger charge is -2.37. The van der Waals surface area contributed by atoms with Crippen molar-refractivity contribution in [2.24, 2.45) is 0 Å². The van der Waals surface area contributed by atoms with E-state index in [0.717, 1.165) is 12.0 Å². The SMILES string of the molecule is CCNC(=O)N(CCCOC)CC(=O)N1CCc2sccc2[C@H]1COc1cccc(OC)c1. The molecule has 1 N–H and O–H groups in total. The largest absolute Gasteiger partial charge is 0.497 e. The summed E-state index contributed by atoms with van der Waals surface area (Å²) in [6.07, 6.45) is 1.47. The third-order valence-electron chi connectivity index (χ3n) is 5.58. The predicted octanol–water partition coefficient (Wildman–Crippen LogP) is 3.33. The number of nitrogens with zero attached hydrogens (tertiary/aromatic N) is 2. The highest BCUT2D eigenvalue weighted by molar-refractivity contribution is 7.10. The summed E-state index contributed by atoms with van der Waals surface area (Å²) in [4.78, 5) is 30.6. The predicted molar refractivity (Wildman–Crippen MR) is 128 cm³/mol. The standard InChI is InChI=1S/C24H33N3O5S/c1-4-25-24(29)26(11-6-13-30-2)16-23(28)27-12-9-22-20(10-14-33-22)21(27)17-32-19-8-5-7-18(15-19)31-3/h5,7-8,10,14-15,21H,4,6,9,11-13,16-17H2,1-3H3,(H,25,29)/t21-/m1/s1. The molecule has 1 aromatic carbocycles. The number of ether oxygens (including phenoxy) is 3. The number of fused-ring (bicyclic) bond motifs is 1. The summed E-state index contributed by atoms with van der Waals surface area (Å²) in [5.74, 6) is 1.32. The van der Waals surface area contributed by atoms with Gasteiger partial charge < -0.3 is 29.3 Å². The number of carbonyl (C=O) groups excluding carboxylic acids is 2. The molecular formula is C24H33N3O5S. The van der Waals surface area contributed by atoms with Crippen molar-refractivity contribution in [1.82, 2.24) is 15.1 Å². The normalized spacial score (nSPS) is 15.0. The van der Waals surface area contributed by atoms with Gasteiger partial charge in [0.15, 0.2) is 0 Å². The number of benzene rings is 1. The molecule has 0 fully saturated rings. The minimum absolute atomic E-state index is 0.0185. The number of urea groups is 1. The van der Waals surface area contributed by atoms with Crippen LogP contribution < -0.4 is 14.8 Å². The first-order valence-electron chi connectivity index (χ1n) is 11.2. The van der Waals surface area contributed by atoms with E-state index in [1.54, 1.807) is 30.5 Å². The summed E-state index contributed by atoms with van der Waals surface area (Å²) >= 11 is 1.71. The van der Waals surface area contributed by atoms with Gasteiger partial charge in [0, 0.05) is 44.3 Å². The first-order chi connectivity index (χ1) is 16.1. The molecule has 2 heterocycles. The second kappa shape index (κ2) is 12.5. The number of hydrogen-bond donors (Lipinski definition) is 1. The molecule has 180 valence electrons. The van der Waals surface area contributed by atoms with Gasteiger partial charge in [-0.2, -0.15) is 0 Å². The van der Waals surface area contributed by atoms with Gasteiger partial charge in [0.1, 0.15) is 24.7 Å². The molecule has 1 aromatic heterocycles. The number of hydrogen-bond acceptors (Lipinski definition) is 6. The maximum Gasteiger partial charge on any atom is 0.317 e. The zero-order chi connectivity index (χ0) is 23.6. The Hall–Kier alpha value is -2.78. The summed E-state index contributed by atoms with van der Waals surface area (Å²) in [5, 5.41) is 4.86. The Labute approximate surface area is 199 Å². The fraction of sp³-hybridized carbons (Fsp3) is 0.500. The molecule has 1 aliphatic heterocycles. The molecule has 0 unspecified atom stereocenters. The molecule has 0 aliphatic carbocycles. The van der Waals surface area contributed by atoms with Gasteiger partial charge in [-0.1, -0.05) is 6.07 Å². The van der Waals surface area contributed by atoms with Gasteiger partial charge in [0.05, 0.1) is 13.2 Å². The van der Waals surface area contributed by atoms with Gasteiger partial charge in [0.25, 0.3) is 0 Å². The zero-order valence-electron chi connectivity index (χ0n) is 19.5. The van der Waals surface area contributed by atoms with Crippen molar-refractivity contribution in [2.45, 2.75) is 25.8 Å². The maximum atomic E-state index is 13.4. The summed E-state index contributed by atoms with van der Waals surface area (Å²) in [7, 11) is 3.24. The van der Waals surface area contributed by atoms with Crippen LogP contribution in [0.25, 0.3) is 0 Å². The number of nitrogens with one attached hydrogen (secondary N) is 1. The van der Waals surface area contributed by atoms with E-state index in [2.05, 4.69) is 16.8 Å². The van der Waals surface area contributed by atoms with Crippen LogP contribution in [0.2, 0.25) is 0 Å². The second-order valence-electron chi connectivity index (χ2n) is 7.75. The van der Waals surface area contributed by atoms with E-state index in [1.165, 1.54) is 4.88 Å². The Balaban J connectivity index is 1.73. The van der Waals surface area contributed by atoms with Crippen LogP contribution in [-0.4, -0.2) is 75.4 Å². The van der Waals surface area contributed by atoms with Crippen molar-refractivity contribution in [2.75, 3.05) is 53.6 Å². The van der Waals surface area contributed by atoms with Gasteiger partial charge in [-0.05, 0) is 48.9 Å². The Bertz CT molecular complexity index is 919. The highest BCUT2D eigenvalue weighted by Gasteiger charge is 2.33. The molecule has 3 amide bonds. The highest BCUT2D eigenvalue weighted by atomic mass is 32.1. The summed E-state index contributed by atoms with van der Waals surface area (Å²) < 4.78 is 16.5. The summed E-state index contributed by atoms with van der Waals surface area (Å²) in [6.45, 7) is 4.30. The Kier molecular flexibility index (Phi) is 9.38. The average molecular weight is 476 g/mol. The third-order valence-corrected chi connectivity index (χ3v) is 6.58. The summed E-state index contributed by atoms with van der Waals surface area (Å²) in [5.41, 5.74) is 1.12. The molecule has 9 heteroatoms. The Morgan fingerprint density at radius 3 is 2.82 bits per heavy atom. The Morgan fingerprint density at radius 2 is 2.06 bits per heavy atom. The zero-order valence-corrected chi connectivity index (χ0v) is 20.4. The average Bonchev–Trinajstić information content (AvgIpc) is 3.31. The monoisotopic (exact) mass is 475 g/mol. The van der Waals surface area contributed by atoms with E-state index >= 15 is 0 Å². The maximum absolute atomic E-state index is 13.4. The number of thiophene rings is 1. The molecule has 0 bridgehead atoms. The molecule has 0 spiro atoms. The molecule has 0 saturated heterocycles. The van der Waals surface area contributed by atoms with Crippen LogP contribution >= 0.6 is 11.3 Å². The van der Waals surface area contributed by atoms with Crippen LogP contribution in [0, 0.1) is 0 Å². The first kappa shape index (κ1) is 24.9. The van der Waals surface area contributed by atoms with Crippen molar-refractivity contribution in [3.8, 4) is 11.5 Å². The first-order valence-corrected chi connectivity index (χ1v) is 12.1. The number of amides is 3. The smallest absolute Gasteiger partial charge is 0.317 e. The number of methoxy groups -OCH3 is 2. The van der Waals surface area contributed by atoms with E-state index in [-0.39, 0.29) is 24.5 Å². The van der Waals surface area contributed by atoms with Crippen molar-refractivity contribution in [3.63, 3.8) is 0 Å². The molecule has 0 saturated carbocycles. The molecule has 1 aliphatic rings. The fourth-order valence-electron chi connectivity index (χ4n) is 3.91.